The summed E-state index contributed by atoms with van der Waals surface area (Å²) in [6, 6.07) is 5.32. The highest BCUT2D eigenvalue weighted by molar-refractivity contribution is 6.31. The zero-order chi connectivity index (χ0) is 15.2. The fourth-order valence-electron chi connectivity index (χ4n) is 2.82. The predicted molar refractivity (Wildman–Crippen MR) is 84.7 cm³/mol. The fourth-order valence-corrected chi connectivity index (χ4v) is 3.00. The summed E-state index contributed by atoms with van der Waals surface area (Å²) in [6.45, 7) is 4.03. The second-order valence-electron chi connectivity index (χ2n) is 5.57. The van der Waals surface area contributed by atoms with Crippen LogP contribution in [0.25, 0.3) is 0 Å². The maximum absolute atomic E-state index is 11.6. The summed E-state index contributed by atoms with van der Waals surface area (Å²) < 4.78 is 4.76. The molecule has 1 heterocycles. The average molecular weight is 311 g/mol. The highest BCUT2D eigenvalue weighted by Crippen LogP contribution is 2.23. The zero-order valence-electron chi connectivity index (χ0n) is 12.7. The first-order chi connectivity index (χ1) is 10.1. The zero-order valence-corrected chi connectivity index (χ0v) is 13.4. The van der Waals surface area contributed by atoms with Crippen LogP contribution in [-0.2, 0) is 11.3 Å². The molecule has 116 valence electrons. The molecular formula is C16H23ClN2O2. The van der Waals surface area contributed by atoms with Crippen LogP contribution in [0.15, 0.2) is 18.2 Å². The van der Waals surface area contributed by atoms with Gasteiger partial charge in [0, 0.05) is 11.6 Å². The number of carbonyl (C=O) groups is 1. The molecule has 0 spiro atoms. The topological polar surface area (TPSA) is 41.6 Å². The Morgan fingerprint density at radius 1 is 1.43 bits per heavy atom. The van der Waals surface area contributed by atoms with E-state index in [4.69, 9.17) is 16.3 Å². The van der Waals surface area contributed by atoms with Gasteiger partial charge in [-0.15, -0.1) is 0 Å². The van der Waals surface area contributed by atoms with Gasteiger partial charge < -0.3 is 10.1 Å². The predicted octanol–water partition coefficient (Wildman–Crippen LogP) is 2.56. The molecule has 1 N–H and O–H groups in total. The molecule has 0 atom stereocenters. The molecule has 4 nitrogen and oxygen atoms in total. The van der Waals surface area contributed by atoms with Gasteiger partial charge in [-0.1, -0.05) is 11.6 Å². The van der Waals surface area contributed by atoms with E-state index in [-0.39, 0.29) is 5.97 Å². The van der Waals surface area contributed by atoms with E-state index in [1.54, 1.807) is 12.1 Å². The molecule has 0 unspecified atom stereocenters. The van der Waals surface area contributed by atoms with Gasteiger partial charge in [0.2, 0.25) is 0 Å². The quantitative estimate of drug-likeness (QED) is 0.849. The normalized spacial score (nSPS) is 16.9. The second kappa shape index (κ2) is 7.78. The number of esters is 1. The molecule has 0 aromatic heterocycles. The molecule has 0 saturated carbocycles. The lowest BCUT2D eigenvalue weighted by atomic mass is 9.96. The minimum atomic E-state index is -0.319. The maximum Gasteiger partial charge on any atom is 0.337 e. The lowest BCUT2D eigenvalue weighted by Crippen LogP contribution is -2.36. The Hall–Kier alpha value is -1.10. The molecule has 21 heavy (non-hydrogen) atoms. The van der Waals surface area contributed by atoms with Crippen LogP contribution in [0.3, 0.4) is 0 Å². The molecule has 5 heteroatoms. The number of halogens is 1. The molecule has 0 amide bonds. The number of nitrogens with one attached hydrogen (secondary N) is 1. The Balaban J connectivity index is 1.98. The van der Waals surface area contributed by atoms with Gasteiger partial charge in [-0.25, -0.2) is 4.79 Å². The Bertz CT molecular complexity index is 485. The van der Waals surface area contributed by atoms with Crippen molar-refractivity contribution in [2.75, 3.05) is 33.8 Å². The van der Waals surface area contributed by atoms with Gasteiger partial charge in [-0.2, -0.15) is 0 Å². The fraction of sp³-hybridized carbons (Fsp3) is 0.562. The third kappa shape index (κ3) is 4.43. The molecular weight excluding hydrogens is 288 g/mol. The minimum absolute atomic E-state index is 0.319. The molecule has 0 radical (unpaired) electrons. The van der Waals surface area contributed by atoms with Gasteiger partial charge in [0.25, 0.3) is 0 Å². The highest BCUT2D eigenvalue weighted by atomic mass is 35.5. The lowest BCUT2D eigenvalue weighted by Gasteiger charge is -2.32. The summed E-state index contributed by atoms with van der Waals surface area (Å²) in [5, 5.41) is 3.95. The number of benzene rings is 1. The van der Waals surface area contributed by atoms with Crippen LogP contribution in [0, 0.1) is 5.92 Å². The molecule has 1 aliphatic heterocycles. The van der Waals surface area contributed by atoms with Crippen molar-refractivity contribution in [3.63, 3.8) is 0 Å². The van der Waals surface area contributed by atoms with Crippen molar-refractivity contribution in [1.82, 2.24) is 10.2 Å². The summed E-state index contributed by atoms with van der Waals surface area (Å²) in [5.41, 5.74) is 1.55. The van der Waals surface area contributed by atoms with Crippen molar-refractivity contribution in [3.8, 4) is 0 Å². The summed E-state index contributed by atoms with van der Waals surface area (Å²) in [7, 11) is 3.40. The second-order valence-corrected chi connectivity index (χ2v) is 5.98. The molecule has 1 aliphatic rings. The number of methoxy groups -OCH3 is 1. The standard InChI is InChI=1S/C16H23ClN2O2/c1-18-10-12-5-7-19(8-6-12)11-14-9-13(16(20)21-2)3-4-15(14)17/h3-4,9,12,18H,5-8,10-11H2,1-2H3. The van der Waals surface area contributed by atoms with Crippen LogP contribution in [0.1, 0.15) is 28.8 Å². The number of likely N-dealkylation sites (tertiary alicyclic amines) is 1. The molecule has 0 aliphatic carbocycles. The summed E-state index contributed by atoms with van der Waals surface area (Å²) >= 11 is 6.25. The van der Waals surface area contributed by atoms with Gasteiger partial charge >= 0.3 is 5.97 Å². The van der Waals surface area contributed by atoms with Crippen molar-refractivity contribution < 1.29 is 9.53 Å². The monoisotopic (exact) mass is 310 g/mol. The van der Waals surface area contributed by atoms with Crippen LogP contribution in [0.5, 0.6) is 0 Å². The molecule has 1 aromatic carbocycles. The summed E-state index contributed by atoms with van der Waals surface area (Å²) in [4.78, 5) is 14.0. The van der Waals surface area contributed by atoms with Gasteiger partial charge in [0.15, 0.2) is 0 Å². The van der Waals surface area contributed by atoms with Crippen LogP contribution < -0.4 is 5.32 Å². The highest BCUT2D eigenvalue weighted by Gasteiger charge is 2.19. The van der Waals surface area contributed by atoms with Gasteiger partial charge in [0.1, 0.15) is 0 Å². The van der Waals surface area contributed by atoms with Crippen LogP contribution in [0.4, 0.5) is 0 Å². The number of carbonyl (C=O) groups excluding carboxylic acids is 1. The third-order valence-electron chi connectivity index (χ3n) is 4.06. The van der Waals surface area contributed by atoms with Crippen molar-refractivity contribution in [2.24, 2.45) is 5.92 Å². The van der Waals surface area contributed by atoms with Crippen molar-refractivity contribution >= 4 is 17.6 Å². The maximum atomic E-state index is 11.6. The number of rotatable bonds is 5. The number of ether oxygens (including phenoxy) is 1. The smallest absolute Gasteiger partial charge is 0.337 e. The molecule has 1 saturated heterocycles. The van der Waals surface area contributed by atoms with Crippen molar-refractivity contribution in [2.45, 2.75) is 19.4 Å². The molecule has 2 rings (SSSR count). The van der Waals surface area contributed by atoms with E-state index in [0.717, 1.165) is 37.7 Å². The number of nitrogens with zero attached hydrogens (tertiary/aromatic N) is 1. The van der Waals surface area contributed by atoms with E-state index in [0.29, 0.717) is 10.6 Å². The SMILES string of the molecule is CNCC1CCN(Cc2cc(C(=O)OC)ccc2Cl)CC1. The van der Waals surface area contributed by atoms with E-state index in [2.05, 4.69) is 10.2 Å². The van der Waals surface area contributed by atoms with Gasteiger partial charge in [-0.05, 0) is 69.2 Å². The Kier molecular flexibility index (Phi) is 6.03. The largest absolute Gasteiger partial charge is 0.465 e. The Morgan fingerprint density at radius 3 is 2.76 bits per heavy atom. The molecule has 1 aromatic rings. The van der Waals surface area contributed by atoms with Crippen LogP contribution in [-0.4, -0.2) is 44.7 Å². The lowest BCUT2D eigenvalue weighted by molar-refractivity contribution is 0.0600. The van der Waals surface area contributed by atoms with Crippen molar-refractivity contribution in [1.29, 1.82) is 0 Å². The number of piperidine rings is 1. The molecule has 0 bridgehead atoms. The Labute approximate surface area is 131 Å². The van der Waals surface area contributed by atoms with Crippen LogP contribution >= 0.6 is 11.6 Å². The van der Waals surface area contributed by atoms with E-state index >= 15 is 0 Å². The van der Waals surface area contributed by atoms with E-state index in [9.17, 15) is 4.79 Å². The van der Waals surface area contributed by atoms with Gasteiger partial charge in [-0.3, -0.25) is 4.90 Å². The Morgan fingerprint density at radius 2 is 2.14 bits per heavy atom. The van der Waals surface area contributed by atoms with Crippen LogP contribution in [0.2, 0.25) is 5.02 Å². The number of hydrogen-bond donors (Lipinski definition) is 1. The minimum Gasteiger partial charge on any atom is -0.465 e. The average Bonchev–Trinajstić information content (AvgIpc) is 2.51. The summed E-state index contributed by atoms with van der Waals surface area (Å²) in [6.07, 6.45) is 2.41. The third-order valence-corrected chi connectivity index (χ3v) is 4.43. The van der Waals surface area contributed by atoms with E-state index in [1.165, 1.54) is 20.0 Å². The summed E-state index contributed by atoms with van der Waals surface area (Å²) in [5.74, 6) is 0.448. The number of hydrogen-bond acceptors (Lipinski definition) is 4. The first-order valence-corrected chi connectivity index (χ1v) is 7.75. The van der Waals surface area contributed by atoms with E-state index in [1.807, 2.05) is 13.1 Å². The first-order valence-electron chi connectivity index (χ1n) is 7.37. The first kappa shape index (κ1) is 16.3. The van der Waals surface area contributed by atoms with Gasteiger partial charge in [0.05, 0.1) is 12.7 Å². The molecule has 1 fully saturated rings. The van der Waals surface area contributed by atoms with E-state index < -0.39 is 0 Å². The van der Waals surface area contributed by atoms with Crippen molar-refractivity contribution in [3.05, 3.63) is 34.3 Å².